The van der Waals surface area contributed by atoms with E-state index in [0.29, 0.717) is 34.8 Å². The Hall–Kier alpha value is -2.82. The van der Waals surface area contributed by atoms with Gasteiger partial charge >= 0.3 is 11.9 Å². The zero-order valence-corrected chi connectivity index (χ0v) is 15.7. The predicted octanol–water partition coefficient (Wildman–Crippen LogP) is 4.47. The summed E-state index contributed by atoms with van der Waals surface area (Å²) in [5.41, 5.74) is 3.90. The van der Waals surface area contributed by atoms with Crippen LogP contribution in [0.15, 0.2) is 42.5 Å². The van der Waals surface area contributed by atoms with E-state index in [1.165, 1.54) is 31.9 Å². The summed E-state index contributed by atoms with van der Waals surface area (Å²) in [6.07, 6.45) is 3.71. The molecule has 3 aliphatic rings. The minimum absolute atomic E-state index is 0.0556. The first kappa shape index (κ1) is 17.3. The van der Waals surface area contributed by atoms with E-state index in [4.69, 9.17) is 4.74 Å². The third kappa shape index (κ3) is 2.45. The molecule has 0 spiro atoms. The minimum atomic E-state index is -0.897. The highest BCUT2D eigenvalue weighted by atomic mass is 16.5. The molecule has 144 valence electrons. The molecule has 5 atom stereocenters. The van der Waals surface area contributed by atoms with Crippen molar-refractivity contribution in [3.8, 4) is 0 Å². The van der Waals surface area contributed by atoms with Gasteiger partial charge < -0.3 is 15.2 Å². The van der Waals surface area contributed by atoms with Crippen LogP contribution in [0.1, 0.15) is 63.1 Å². The molecule has 0 aromatic heterocycles. The van der Waals surface area contributed by atoms with Crippen molar-refractivity contribution in [2.75, 3.05) is 12.4 Å². The van der Waals surface area contributed by atoms with Crippen LogP contribution in [0.3, 0.4) is 0 Å². The highest BCUT2D eigenvalue weighted by Gasteiger charge is 2.54. The zero-order valence-electron chi connectivity index (χ0n) is 15.7. The smallest absolute Gasteiger partial charge is 0.337 e. The number of anilines is 1. The Morgan fingerprint density at radius 3 is 2.54 bits per heavy atom. The van der Waals surface area contributed by atoms with Gasteiger partial charge in [0.2, 0.25) is 0 Å². The number of carbonyl (C=O) groups excluding carboxylic acids is 1. The van der Waals surface area contributed by atoms with Crippen LogP contribution in [0.2, 0.25) is 0 Å². The van der Waals surface area contributed by atoms with Crippen molar-refractivity contribution < 1.29 is 19.4 Å². The molecular weight excluding hydrogens is 354 g/mol. The van der Waals surface area contributed by atoms with Gasteiger partial charge in [-0.1, -0.05) is 24.3 Å². The number of ether oxygens (including phenoxy) is 1. The summed E-state index contributed by atoms with van der Waals surface area (Å²) in [5.74, 6) is 0.912. The molecular formula is C23H23NO4. The second-order valence-electron chi connectivity index (χ2n) is 8.25. The molecule has 5 heteroatoms. The molecule has 2 fully saturated rings. The normalized spacial score (nSPS) is 29.5. The van der Waals surface area contributed by atoms with Crippen LogP contribution < -0.4 is 5.32 Å². The molecule has 2 bridgehead atoms. The Balaban J connectivity index is 1.59. The number of rotatable bonds is 3. The van der Waals surface area contributed by atoms with Gasteiger partial charge in [0, 0.05) is 0 Å². The lowest BCUT2D eigenvalue weighted by Gasteiger charge is -2.44. The third-order valence-corrected chi connectivity index (χ3v) is 7.04. The van der Waals surface area contributed by atoms with Crippen molar-refractivity contribution in [3.63, 3.8) is 0 Å². The monoisotopic (exact) mass is 377 g/mol. The first-order valence-corrected chi connectivity index (χ1v) is 9.89. The number of aromatic carboxylic acids is 1. The molecule has 2 aromatic rings. The highest BCUT2D eigenvalue weighted by Crippen LogP contribution is 2.63. The lowest BCUT2D eigenvalue weighted by molar-refractivity contribution is 0.0599. The SMILES string of the molecule is COC(=O)c1ccc([C@H]2Nc3c(C(=O)O)cccc3[C@H]3[C@H]4CC[C@@H](C4)[C@H]32)cc1. The number of carboxylic acids is 1. The molecule has 5 nitrogen and oxygen atoms in total. The Morgan fingerprint density at radius 2 is 1.82 bits per heavy atom. The maximum absolute atomic E-state index is 11.8. The van der Waals surface area contributed by atoms with Crippen LogP contribution in [0.4, 0.5) is 5.69 Å². The molecule has 2 aliphatic carbocycles. The molecule has 1 aliphatic heterocycles. The van der Waals surface area contributed by atoms with Crippen LogP contribution in [-0.4, -0.2) is 24.2 Å². The molecule has 1 heterocycles. The van der Waals surface area contributed by atoms with Crippen molar-refractivity contribution >= 4 is 17.6 Å². The van der Waals surface area contributed by atoms with Gasteiger partial charge in [-0.15, -0.1) is 0 Å². The Bertz CT molecular complexity index is 952. The number of para-hydroxylation sites is 1. The number of benzene rings is 2. The van der Waals surface area contributed by atoms with Gasteiger partial charge in [-0.25, -0.2) is 9.59 Å². The van der Waals surface area contributed by atoms with Crippen molar-refractivity contribution in [1.82, 2.24) is 0 Å². The van der Waals surface area contributed by atoms with Crippen LogP contribution in [-0.2, 0) is 4.74 Å². The molecule has 0 amide bonds. The van der Waals surface area contributed by atoms with Crippen LogP contribution >= 0.6 is 0 Å². The molecule has 0 radical (unpaired) electrons. The van der Waals surface area contributed by atoms with Gasteiger partial charge in [0.05, 0.1) is 30.0 Å². The molecule has 2 saturated carbocycles. The van der Waals surface area contributed by atoms with E-state index in [0.717, 1.165) is 11.3 Å². The maximum Gasteiger partial charge on any atom is 0.337 e. The maximum atomic E-state index is 11.8. The Morgan fingerprint density at radius 1 is 1.07 bits per heavy atom. The van der Waals surface area contributed by atoms with Gasteiger partial charge in [0.15, 0.2) is 0 Å². The number of carboxylic acid groups (broad SMARTS) is 1. The van der Waals surface area contributed by atoms with E-state index in [-0.39, 0.29) is 12.0 Å². The molecule has 2 N–H and O–H groups in total. The predicted molar refractivity (Wildman–Crippen MR) is 105 cm³/mol. The Labute approximate surface area is 163 Å². The van der Waals surface area contributed by atoms with E-state index >= 15 is 0 Å². The first-order valence-electron chi connectivity index (χ1n) is 9.89. The van der Waals surface area contributed by atoms with Crippen LogP contribution in [0, 0.1) is 17.8 Å². The van der Waals surface area contributed by atoms with E-state index in [1.807, 2.05) is 18.2 Å². The zero-order chi connectivity index (χ0) is 19.4. The first-order chi connectivity index (χ1) is 13.6. The lowest BCUT2D eigenvalue weighted by atomic mass is 9.67. The lowest BCUT2D eigenvalue weighted by Crippen LogP contribution is -2.36. The number of nitrogens with one attached hydrogen (secondary N) is 1. The van der Waals surface area contributed by atoms with E-state index < -0.39 is 5.97 Å². The minimum Gasteiger partial charge on any atom is -0.478 e. The highest BCUT2D eigenvalue weighted by molar-refractivity contribution is 5.95. The van der Waals surface area contributed by atoms with Crippen LogP contribution in [0.25, 0.3) is 0 Å². The van der Waals surface area contributed by atoms with Crippen molar-refractivity contribution in [3.05, 3.63) is 64.7 Å². The van der Waals surface area contributed by atoms with E-state index in [2.05, 4.69) is 11.4 Å². The molecule has 5 rings (SSSR count). The van der Waals surface area contributed by atoms with Gasteiger partial charge in [0.1, 0.15) is 0 Å². The van der Waals surface area contributed by atoms with Crippen LogP contribution in [0.5, 0.6) is 0 Å². The largest absolute Gasteiger partial charge is 0.478 e. The van der Waals surface area contributed by atoms with Gasteiger partial charge in [0.25, 0.3) is 0 Å². The van der Waals surface area contributed by atoms with Gasteiger partial charge in [-0.3, -0.25) is 0 Å². The average molecular weight is 377 g/mol. The topological polar surface area (TPSA) is 75.6 Å². The summed E-state index contributed by atoms with van der Waals surface area (Å²) >= 11 is 0. The molecule has 0 unspecified atom stereocenters. The fourth-order valence-electron chi connectivity index (χ4n) is 5.97. The van der Waals surface area contributed by atoms with E-state index in [1.54, 1.807) is 18.2 Å². The number of esters is 1. The second-order valence-corrected chi connectivity index (χ2v) is 8.25. The van der Waals surface area contributed by atoms with Gasteiger partial charge in [-0.05, 0) is 72.3 Å². The third-order valence-electron chi connectivity index (χ3n) is 7.04. The van der Waals surface area contributed by atoms with Crippen molar-refractivity contribution in [2.24, 2.45) is 17.8 Å². The summed E-state index contributed by atoms with van der Waals surface area (Å²) in [7, 11) is 1.38. The molecule has 28 heavy (non-hydrogen) atoms. The summed E-state index contributed by atoms with van der Waals surface area (Å²) in [6, 6.07) is 13.2. The molecule has 0 saturated heterocycles. The number of hydrogen-bond acceptors (Lipinski definition) is 4. The van der Waals surface area contributed by atoms with Crippen molar-refractivity contribution in [1.29, 1.82) is 0 Å². The molecule has 2 aromatic carbocycles. The van der Waals surface area contributed by atoms with Crippen molar-refractivity contribution in [2.45, 2.75) is 31.2 Å². The summed E-state index contributed by atoms with van der Waals surface area (Å²) < 4.78 is 4.80. The quantitative estimate of drug-likeness (QED) is 0.772. The summed E-state index contributed by atoms with van der Waals surface area (Å²) in [6.45, 7) is 0. The van der Waals surface area contributed by atoms with Gasteiger partial charge in [-0.2, -0.15) is 0 Å². The average Bonchev–Trinajstić information content (AvgIpc) is 3.35. The fourth-order valence-corrected chi connectivity index (χ4v) is 5.97. The summed E-state index contributed by atoms with van der Waals surface area (Å²) in [5, 5.41) is 13.3. The number of hydrogen-bond donors (Lipinski definition) is 2. The Kier molecular flexibility index (Phi) is 3.93. The number of carbonyl (C=O) groups is 2. The standard InChI is InChI=1S/C23H23NO4/c1-28-23(27)13-7-5-12(6-8-13)20-19-15-10-9-14(11-15)18(19)16-3-2-4-17(22(25)26)21(16)24-20/h2-8,14-15,18-20,24H,9-11H2,1H3,(H,25,26)/t14-,15-,18+,19+,20+/m0/s1. The number of methoxy groups -OCH3 is 1. The summed E-state index contributed by atoms with van der Waals surface area (Å²) in [4.78, 5) is 23.6. The second kappa shape index (κ2) is 6.36. The fraction of sp³-hybridized carbons (Fsp3) is 0.391. The number of fused-ring (bicyclic) bond motifs is 7. The van der Waals surface area contributed by atoms with E-state index in [9.17, 15) is 14.7 Å².